The number of carbonyl (C=O) groups excluding carboxylic acids is 1. The fourth-order valence-corrected chi connectivity index (χ4v) is 3.65. The van der Waals surface area contributed by atoms with Gasteiger partial charge in [0.25, 0.3) is 5.91 Å². The molecular formula is C21H22Cl2F3N5O. The molecule has 32 heavy (non-hydrogen) atoms. The van der Waals surface area contributed by atoms with E-state index in [2.05, 4.69) is 15.5 Å². The summed E-state index contributed by atoms with van der Waals surface area (Å²) in [5, 5.41) is 10.9. The van der Waals surface area contributed by atoms with Crippen LogP contribution in [0.1, 0.15) is 45.1 Å². The number of halogens is 5. The molecule has 11 heteroatoms. The molecule has 6 nitrogen and oxygen atoms in total. The Hall–Kier alpha value is -2.52. The predicted molar refractivity (Wildman–Crippen MR) is 116 cm³/mol. The van der Waals surface area contributed by atoms with Gasteiger partial charge in [0.2, 0.25) is 0 Å². The number of rotatable bonds is 7. The van der Waals surface area contributed by atoms with E-state index in [1.54, 1.807) is 22.9 Å². The van der Waals surface area contributed by atoms with Crippen LogP contribution in [0.4, 0.5) is 13.2 Å². The Balaban J connectivity index is 1.57. The highest BCUT2D eigenvalue weighted by atomic mass is 35.5. The van der Waals surface area contributed by atoms with Crippen molar-refractivity contribution in [3.05, 3.63) is 68.2 Å². The minimum Gasteiger partial charge on any atom is -0.352 e. The Morgan fingerprint density at radius 1 is 1.06 bits per heavy atom. The van der Waals surface area contributed by atoms with E-state index in [0.29, 0.717) is 23.6 Å². The summed E-state index contributed by atoms with van der Waals surface area (Å²) in [4.78, 5) is 12.5. The Labute approximate surface area is 193 Å². The quantitative estimate of drug-likeness (QED) is 0.465. The van der Waals surface area contributed by atoms with E-state index >= 15 is 0 Å². The van der Waals surface area contributed by atoms with E-state index < -0.39 is 16.9 Å². The van der Waals surface area contributed by atoms with E-state index in [1.807, 2.05) is 19.9 Å². The molecule has 1 N–H and O–H groups in total. The summed E-state index contributed by atoms with van der Waals surface area (Å²) in [6.45, 7) is 6.13. The van der Waals surface area contributed by atoms with Gasteiger partial charge >= 0.3 is 6.18 Å². The van der Waals surface area contributed by atoms with Crippen LogP contribution >= 0.6 is 23.2 Å². The van der Waals surface area contributed by atoms with Crippen molar-refractivity contribution in [2.24, 2.45) is 0 Å². The smallest absolute Gasteiger partial charge is 0.352 e. The second-order valence-electron chi connectivity index (χ2n) is 7.42. The maximum atomic E-state index is 12.9. The van der Waals surface area contributed by atoms with Gasteiger partial charge < -0.3 is 5.32 Å². The van der Waals surface area contributed by atoms with Crippen molar-refractivity contribution in [3.63, 3.8) is 0 Å². The molecule has 0 saturated heterocycles. The highest BCUT2D eigenvalue weighted by molar-refractivity contribution is 6.32. The lowest BCUT2D eigenvalue weighted by atomic mass is 10.1. The van der Waals surface area contributed by atoms with E-state index in [-0.39, 0.29) is 24.7 Å². The van der Waals surface area contributed by atoms with Gasteiger partial charge in [-0.25, -0.2) is 0 Å². The van der Waals surface area contributed by atoms with Crippen LogP contribution in [0.5, 0.6) is 0 Å². The van der Waals surface area contributed by atoms with Crippen molar-refractivity contribution < 1.29 is 18.0 Å². The number of benzene rings is 1. The van der Waals surface area contributed by atoms with Crippen LogP contribution in [0.15, 0.2) is 24.3 Å². The molecule has 0 bridgehead atoms. The fourth-order valence-electron chi connectivity index (χ4n) is 3.27. The molecule has 3 rings (SSSR count). The number of hydrogen-bond acceptors (Lipinski definition) is 3. The molecular weight excluding hydrogens is 466 g/mol. The molecule has 0 atom stereocenters. The maximum absolute atomic E-state index is 12.9. The normalized spacial score (nSPS) is 11.8. The Morgan fingerprint density at radius 3 is 2.34 bits per heavy atom. The number of aromatic nitrogens is 4. The average molecular weight is 488 g/mol. The molecule has 0 saturated carbocycles. The molecule has 172 valence electrons. The van der Waals surface area contributed by atoms with Crippen LogP contribution in [0, 0.1) is 20.8 Å². The third-order valence-electron chi connectivity index (χ3n) is 5.05. The summed E-state index contributed by atoms with van der Waals surface area (Å²) in [5.74, 6) is -0.274. The first-order chi connectivity index (χ1) is 15.0. The van der Waals surface area contributed by atoms with E-state index in [0.717, 1.165) is 17.0 Å². The number of carbonyl (C=O) groups is 1. The molecule has 0 radical (unpaired) electrons. The monoisotopic (exact) mass is 487 g/mol. The zero-order valence-electron chi connectivity index (χ0n) is 17.7. The van der Waals surface area contributed by atoms with Crippen LogP contribution in [0.3, 0.4) is 0 Å². The van der Waals surface area contributed by atoms with E-state index in [9.17, 15) is 18.0 Å². The van der Waals surface area contributed by atoms with Gasteiger partial charge in [0.05, 0.1) is 33.7 Å². The molecule has 1 amide bonds. The van der Waals surface area contributed by atoms with Crippen molar-refractivity contribution in [3.8, 4) is 0 Å². The van der Waals surface area contributed by atoms with Gasteiger partial charge in [-0.3, -0.25) is 14.2 Å². The van der Waals surface area contributed by atoms with Crippen LogP contribution in [-0.2, 0) is 19.3 Å². The van der Waals surface area contributed by atoms with E-state index in [1.165, 1.54) is 11.6 Å². The Morgan fingerprint density at radius 2 is 1.75 bits per heavy atom. The first kappa shape index (κ1) is 24.1. The summed E-state index contributed by atoms with van der Waals surface area (Å²) < 4.78 is 41.7. The van der Waals surface area contributed by atoms with Gasteiger partial charge in [-0.05, 0) is 44.9 Å². The zero-order valence-corrected chi connectivity index (χ0v) is 19.2. The molecule has 0 aliphatic rings. The number of aryl methyl sites for hydroxylation is 2. The van der Waals surface area contributed by atoms with Crippen molar-refractivity contribution in [1.82, 2.24) is 24.9 Å². The zero-order chi connectivity index (χ0) is 23.6. The largest absolute Gasteiger partial charge is 0.436 e. The molecule has 0 aliphatic heterocycles. The van der Waals surface area contributed by atoms with Crippen LogP contribution in [0.25, 0.3) is 0 Å². The lowest BCUT2D eigenvalue weighted by Gasteiger charge is -2.09. The van der Waals surface area contributed by atoms with Gasteiger partial charge in [0.1, 0.15) is 0 Å². The molecule has 2 aromatic heterocycles. The van der Waals surface area contributed by atoms with Gasteiger partial charge in [0.15, 0.2) is 5.69 Å². The summed E-state index contributed by atoms with van der Waals surface area (Å²) in [5.41, 5.74) is 2.11. The molecule has 0 aliphatic carbocycles. The van der Waals surface area contributed by atoms with Crippen LogP contribution < -0.4 is 5.32 Å². The van der Waals surface area contributed by atoms with Gasteiger partial charge in [0, 0.05) is 18.7 Å². The highest BCUT2D eigenvalue weighted by Crippen LogP contribution is 2.35. The molecule has 3 aromatic rings. The maximum Gasteiger partial charge on any atom is 0.436 e. The first-order valence-electron chi connectivity index (χ1n) is 9.85. The average Bonchev–Trinajstić information content (AvgIpc) is 3.16. The van der Waals surface area contributed by atoms with Crippen molar-refractivity contribution in [2.75, 3.05) is 6.54 Å². The van der Waals surface area contributed by atoms with Crippen molar-refractivity contribution in [1.29, 1.82) is 0 Å². The first-order valence-corrected chi connectivity index (χ1v) is 10.6. The Kier molecular flexibility index (Phi) is 7.19. The fraction of sp³-hybridized carbons (Fsp3) is 0.381. The summed E-state index contributed by atoms with van der Waals surface area (Å²) in [6.07, 6.45) is -4.21. The molecule has 0 spiro atoms. The number of amides is 1. The standard InChI is InChI=1S/C21H22Cl2F3N5O/c1-12-17(22)13(2)31(28-12)11-15-6-4-7-16(10-15)20(32)27-8-5-9-30-14(3)18(23)19(29-30)21(24,25)26/h4,6-7,10H,5,8-9,11H2,1-3H3,(H,27,32). The summed E-state index contributed by atoms with van der Waals surface area (Å²) >= 11 is 11.9. The minimum absolute atomic E-state index is 0.195. The van der Waals surface area contributed by atoms with Crippen LogP contribution in [-0.4, -0.2) is 32.0 Å². The summed E-state index contributed by atoms with van der Waals surface area (Å²) in [6, 6.07) is 7.14. The van der Waals surface area contributed by atoms with Crippen molar-refractivity contribution in [2.45, 2.75) is 46.5 Å². The number of alkyl halides is 3. The van der Waals surface area contributed by atoms with E-state index in [4.69, 9.17) is 23.2 Å². The van der Waals surface area contributed by atoms with Gasteiger partial charge in [-0.15, -0.1) is 0 Å². The minimum atomic E-state index is -4.61. The number of hydrogen-bond donors (Lipinski definition) is 1. The predicted octanol–water partition coefficient (Wildman–Crippen LogP) is 5.20. The second-order valence-corrected chi connectivity index (χ2v) is 8.18. The molecule has 0 fully saturated rings. The van der Waals surface area contributed by atoms with Gasteiger partial charge in [-0.1, -0.05) is 35.3 Å². The van der Waals surface area contributed by atoms with Gasteiger partial charge in [-0.2, -0.15) is 23.4 Å². The van der Waals surface area contributed by atoms with Crippen molar-refractivity contribution >= 4 is 29.1 Å². The lowest BCUT2D eigenvalue weighted by molar-refractivity contribution is -0.141. The van der Waals surface area contributed by atoms with Crippen LogP contribution in [0.2, 0.25) is 10.0 Å². The third kappa shape index (κ3) is 5.27. The Bertz CT molecular complexity index is 1140. The topological polar surface area (TPSA) is 64.7 Å². The number of nitrogens with zero attached hydrogens (tertiary/aromatic N) is 4. The molecule has 0 unspecified atom stereocenters. The lowest BCUT2D eigenvalue weighted by Crippen LogP contribution is -2.25. The highest BCUT2D eigenvalue weighted by Gasteiger charge is 2.38. The third-order valence-corrected chi connectivity index (χ3v) is 6.05. The molecule has 1 aromatic carbocycles. The second kappa shape index (κ2) is 9.54. The SMILES string of the molecule is Cc1nn(Cc2cccc(C(=O)NCCCn3nc(C(F)(F)F)c(Cl)c3C)c2)c(C)c1Cl. The summed E-state index contributed by atoms with van der Waals surface area (Å²) in [7, 11) is 0. The molecule has 2 heterocycles. The number of nitrogens with one attached hydrogen (secondary N) is 1.